The molecule has 0 aromatic heterocycles. The number of likely N-dealkylation sites (N-methyl/N-ethyl adjacent to an activating group) is 2. The second kappa shape index (κ2) is 6.95. The van der Waals surface area contributed by atoms with Crippen LogP contribution in [-0.4, -0.2) is 44.1 Å². The molecule has 1 N–H and O–H groups in total. The molecular formula is C15H23ClN2O2. The van der Waals surface area contributed by atoms with E-state index in [1.807, 2.05) is 20.2 Å². The lowest BCUT2D eigenvalue weighted by molar-refractivity contribution is -0.136. The number of benzene rings is 1. The van der Waals surface area contributed by atoms with E-state index >= 15 is 0 Å². The molecule has 0 fully saturated rings. The zero-order chi connectivity index (χ0) is 14.0. The normalized spacial score (nSPS) is 16.1. The molecule has 1 amide bonds. The van der Waals surface area contributed by atoms with Crippen molar-refractivity contribution in [1.29, 1.82) is 0 Å². The van der Waals surface area contributed by atoms with Crippen molar-refractivity contribution in [3.05, 3.63) is 28.8 Å². The Labute approximate surface area is 126 Å². The van der Waals surface area contributed by atoms with E-state index in [-0.39, 0.29) is 24.4 Å². The lowest BCUT2D eigenvalue weighted by atomic mass is 10.0. The van der Waals surface area contributed by atoms with Crippen molar-refractivity contribution >= 4 is 18.3 Å². The number of halogens is 1. The van der Waals surface area contributed by atoms with E-state index in [2.05, 4.69) is 25.2 Å². The average molecular weight is 299 g/mol. The molecule has 0 aliphatic carbocycles. The molecule has 0 bridgehead atoms. The quantitative estimate of drug-likeness (QED) is 0.920. The van der Waals surface area contributed by atoms with Crippen LogP contribution in [0.25, 0.3) is 0 Å². The van der Waals surface area contributed by atoms with Gasteiger partial charge in [0.15, 0.2) is 6.10 Å². The fraction of sp³-hybridized carbons (Fsp3) is 0.533. The number of fused-ring (bicyclic) bond motifs is 1. The maximum Gasteiger partial charge on any atom is 0.263 e. The van der Waals surface area contributed by atoms with Crippen LogP contribution in [-0.2, 0) is 11.2 Å². The summed E-state index contributed by atoms with van der Waals surface area (Å²) in [6.45, 7) is 5.64. The van der Waals surface area contributed by atoms with Crippen molar-refractivity contribution in [1.82, 2.24) is 10.2 Å². The summed E-state index contributed by atoms with van der Waals surface area (Å²) in [5.74, 6) is 0.922. The Hall–Kier alpha value is -1.26. The summed E-state index contributed by atoms with van der Waals surface area (Å²) in [5.41, 5.74) is 3.60. The fourth-order valence-corrected chi connectivity index (χ4v) is 2.29. The lowest BCUT2D eigenvalue weighted by Gasteiger charge is -2.20. The average Bonchev–Trinajstić information content (AvgIpc) is 2.78. The van der Waals surface area contributed by atoms with Gasteiger partial charge in [0, 0.05) is 26.6 Å². The predicted molar refractivity (Wildman–Crippen MR) is 82.8 cm³/mol. The summed E-state index contributed by atoms with van der Waals surface area (Å²) >= 11 is 0. The van der Waals surface area contributed by atoms with Crippen LogP contribution in [0.3, 0.4) is 0 Å². The molecule has 2 rings (SSSR count). The van der Waals surface area contributed by atoms with Gasteiger partial charge in [-0.05, 0) is 43.7 Å². The van der Waals surface area contributed by atoms with Crippen LogP contribution >= 0.6 is 12.4 Å². The first-order valence-electron chi connectivity index (χ1n) is 6.69. The van der Waals surface area contributed by atoms with Crippen molar-refractivity contribution < 1.29 is 9.53 Å². The number of rotatable bonds is 4. The molecule has 1 atom stereocenters. The third kappa shape index (κ3) is 3.44. The number of amides is 1. The van der Waals surface area contributed by atoms with Gasteiger partial charge in [0.05, 0.1) is 0 Å². The Morgan fingerprint density at radius 2 is 2.05 bits per heavy atom. The highest BCUT2D eigenvalue weighted by Crippen LogP contribution is 2.31. The highest BCUT2D eigenvalue weighted by Gasteiger charge is 2.31. The van der Waals surface area contributed by atoms with E-state index < -0.39 is 0 Å². The van der Waals surface area contributed by atoms with Crippen LogP contribution < -0.4 is 10.1 Å². The second-order valence-corrected chi connectivity index (χ2v) is 5.22. The largest absolute Gasteiger partial charge is 0.480 e. The van der Waals surface area contributed by atoms with Crippen LogP contribution in [0, 0.1) is 13.8 Å². The molecule has 0 radical (unpaired) electrons. The SMILES string of the molecule is CNCCN(C)C(=O)C1Cc2cc(C)c(C)cc2O1.Cl. The third-order valence-electron chi connectivity index (χ3n) is 3.70. The Kier molecular flexibility index (Phi) is 5.84. The van der Waals surface area contributed by atoms with Gasteiger partial charge in [-0.2, -0.15) is 0 Å². The summed E-state index contributed by atoms with van der Waals surface area (Å²) in [6, 6.07) is 4.16. The summed E-state index contributed by atoms with van der Waals surface area (Å²) in [7, 11) is 3.70. The number of carbonyl (C=O) groups is 1. The van der Waals surface area contributed by atoms with E-state index in [0.29, 0.717) is 13.0 Å². The van der Waals surface area contributed by atoms with Crippen LogP contribution in [0.1, 0.15) is 16.7 Å². The van der Waals surface area contributed by atoms with Gasteiger partial charge < -0.3 is 15.0 Å². The summed E-state index contributed by atoms with van der Waals surface area (Å²) in [6.07, 6.45) is 0.317. The predicted octanol–water partition coefficient (Wildman–Crippen LogP) is 1.71. The van der Waals surface area contributed by atoms with Gasteiger partial charge in [-0.15, -0.1) is 12.4 Å². The molecule has 1 aliphatic rings. The number of ether oxygens (including phenoxy) is 1. The number of nitrogens with zero attached hydrogens (tertiary/aromatic N) is 1. The van der Waals surface area contributed by atoms with Crippen molar-refractivity contribution in [3.8, 4) is 5.75 Å². The van der Waals surface area contributed by atoms with Gasteiger partial charge >= 0.3 is 0 Å². The molecule has 1 aromatic rings. The lowest BCUT2D eigenvalue weighted by Crippen LogP contribution is -2.41. The molecule has 0 saturated carbocycles. The maximum absolute atomic E-state index is 12.3. The molecule has 5 heteroatoms. The molecular weight excluding hydrogens is 276 g/mol. The van der Waals surface area contributed by atoms with Crippen LogP contribution in [0.15, 0.2) is 12.1 Å². The molecule has 0 spiro atoms. The first-order chi connectivity index (χ1) is 9.02. The van der Waals surface area contributed by atoms with Gasteiger partial charge in [-0.1, -0.05) is 6.07 Å². The van der Waals surface area contributed by atoms with Crippen molar-refractivity contribution in [2.24, 2.45) is 0 Å². The Balaban J connectivity index is 0.00000200. The fourth-order valence-electron chi connectivity index (χ4n) is 2.29. The van der Waals surface area contributed by atoms with Gasteiger partial charge in [0.1, 0.15) is 5.75 Å². The second-order valence-electron chi connectivity index (χ2n) is 5.22. The van der Waals surface area contributed by atoms with Crippen molar-refractivity contribution in [2.75, 3.05) is 27.2 Å². The van der Waals surface area contributed by atoms with Crippen molar-refractivity contribution in [2.45, 2.75) is 26.4 Å². The molecule has 20 heavy (non-hydrogen) atoms. The molecule has 1 aliphatic heterocycles. The Bertz CT molecular complexity index is 460. The molecule has 112 valence electrons. The summed E-state index contributed by atoms with van der Waals surface area (Å²) in [4.78, 5) is 14.0. The number of nitrogens with one attached hydrogen (secondary N) is 1. The first-order valence-corrected chi connectivity index (χ1v) is 6.69. The Morgan fingerprint density at radius 3 is 2.70 bits per heavy atom. The minimum Gasteiger partial charge on any atom is -0.480 e. The van der Waals surface area contributed by atoms with Crippen LogP contribution in [0.4, 0.5) is 0 Å². The molecule has 1 heterocycles. The Morgan fingerprint density at radius 1 is 1.40 bits per heavy atom. The van der Waals surface area contributed by atoms with E-state index in [0.717, 1.165) is 17.9 Å². The first kappa shape index (κ1) is 16.8. The zero-order valence-electron chi connectivity index (χ0n) is 12.5. The maximum atomic E-state index is 12.3. The molecule has 1 aromatic carbocycles. The smallest absolute Gasteiger partial charge is 0.263 e. The minimum absolute atomic E-state index is 0. The molecule has 4 nitrogen and oxygen atoms in total. The molecule has 0 saturated heterocycles. The molecule has 1 unspecified atom stereocenters. The van der Waals surface area contributed by atoms with Gasteiger partial charge in [-0.3, -0.25) is 4.79 Å². The van der Waals surface area contributed by atoms with Crippen LogP contribution in [0.5, 0.6) is 5.75 Å². The number of hydrogen-bond donors (Lipinski definition) is 1. The summed E-state index contributed by atoms with van der Waals surface area (Å²) < 4.78 is 5.79. The highest BCUT2D eigenvalue weighted by molar-refractivity contribution is 5.85. The standard InChI is InChI=1S/C15H22N2O2.ClH/c1-10-7-12-9-14(19-13(12)8-11(10)2)15(18)17(4)6-5-16-3;/h7-8,14,16H,5-6,9H2,1-4H3;1H. The highest BCUT2D eigenvalue weighted by atomic mass is 35.5. The zero-order valence-corrected chi connectivity index (χ0v) is 13.3. The summed E-state index contributed by atoms with van der Waals surface area (Å²) in [5, 5.41) is 3.04. The van der Waals surface area contributed by atoms with E-state index in [1.54, 1.807) is 4.90 Å². The van der Waals surface area contributed by atoms with Gasteiger partial charge in [-0.25, -0.2) is 0 Å². The monoisotopic (exact) mass is 298 g/mol. The minimum atomic E-state index is -0.363. The third-order valence-corrected chi connectivity index (χ3v) is 3.70. The van der Waals surface area contributed by atoms with Crippen LogP contribution in [0.2, 0.25) is 0 Å². The van der Waals surface area contributed by atoms with E-state index in [1.165, 1.54) is 11.1 Å². The van der Waals surface area contributed by atoms with Gasteiger partial charge in [0.25, 0.3) is 5.91 Å². The number of carbonyl (C=O) groups excluding carboxylic acids is 1. The number of hydrogen-bond acceptors (Lipinski definition) is 3. The van der Waals surface area contributed by atoms with E-state index in [9.17, 15) is 4.79 Å². The van der Waals surface area contributed by atoms with Crippen molar-refractivity contribution in [3.63, 3.8) is 0 Å². The topological polar surface area (TPSA) is 41.6 Å². The number of aryl methyl sites for hydroxylation is 2. The van der Waals surface area contributed by atoms with E-state index in [4.69, 9.17) is 4.74 Å². The van der Waals surface area contributed by atoms with Gasteiger partial charge in [0.2, 0.25) is 0 Å².